The van der Waals surface area contributed by atoms with Gasteiger partial charge in [0.25, 0.3) is 5.91 Å². The molecule has 1 atom stereocenters. The first-order valence-corrected chi connectivity index (χ1v) is 8.58. The highest BCUT2D eigenvalue weighted by molar-refractivity contribution is 5.96. The molecule has 0 aromatic heterocycles. The molecule has 0 radical (unpaired) electrons. The highest BCUT2D eigenvalue weighted by atomic mass is 16.2. The third-order valence-electron chi connectivity index (χ3n) is 5.00. The Kier molecular flexibility index (Phi) is 5.28. The molecule has 0 spiro atoms. The number of hydrogen-bond donors (Lipinski definition) is 2. The average Bonchev–Trinajstić information content (AvgIpc) is 3.15. The molecule has 2 fully saturated rings. The van der Waals surface area contributed by atoms with Crippen molar-refractivity contribution in [3.05, 3.63) is 35.9 Å². The summed E-state index contributed by atoms with van der Waals surface area (Å²) in [6.45, 7) is 2.83. The third-order valence-corrected chi connectivity index (χ3v) is 5.00. The van der Waals surface area contributed by atoms with Crippen molar-refractivity contribution in [2.75, 3.05) is 26.2 Å². The van der Waals surface area contributed by atoms with Gasteiger partial charge in [-0.15, -0.1) is 0 Å². The molecule has 5 nitrogen and oxygen atoms in total. The first-order chi connectivity index (χ1) is 11.2. The summed E-state index contributed by atoms with van der Waals surface area (Å²) in [4.78, 5) is 26.1. The summed E-state index contributed by atoms with van der Waals surface area (Å²) >= 11 is 0. The van der Waals surface area contributed by atoms with Crippen molar-refractivity contribution in [1.29, 1.82) is 0 Å². The zero-order valence-corrected chi connectivity index (χ0v) is 13.5. The van der Waals surface area contributed by atoms with Crippen molar-refractivity contribution in [2.24, 2.45) is 5.92 Å². The summed E-state index contributed by atoms with van der Waals surface area (Å²) in [5.41, 5.74) is 0.589. The van der Waals surface area contributed by atoms with Gasteiger partial charge < -0.3 is 15.5 Å². The van der Waals surface area contributed by atoms with Crippen molar-refractivity contribution < 1.29 is 9.59 Å². The number of piperidine rings is 1. The number of nitrogens with one attached hydrogen (secondary N) is 2. The molecule has 3 rings (SSSR count). The number of rotatable bonds is 4. The quantitative estimate of drug-likeness (QED) is 0.883. The lowest BCUT2D eigenvalue weighted by atomic mass is 9.88. The van der Waals surface area contributed by atoms with E-state index in [1.165, 1.54) is 12.8 Å². The van der Waals surface area contributed by atoms with E-state index in [0.29, 0.717) is 17.5 Å². The Labute approximate surface area is 137 Å². The van der Waals surface area contributed by atoms with Gasteiger partial charge in [-0.05, 0) is 50.3 Å². The van der Waals surface area contributed by atoms with Crippen LogP contribution in [0, 0.1) is 5.92 Å². The summed E-state index contributed by atoms with van der Waals surface area (Å²) in [6, 6.07) is 9.65. The first kappa shape index (κ1) is 16.0. The smallest absolute Gasteiger partial charge is 0.251 e. The Hall–Kier alpha value is -1.88. The molecule has 2 heterocycles. The predicted molar refractivity (Wildman–Crippen MR) is 89.1 cm³/mol. The lowest BCUT2D eigenvalue weighted by molar-refractivity contribution is -0.131. The first-order valence-electron chi connectivity index (χ1n) is 8.58. The standard InChI is InChI=1S/C18H25N3O2/c22-17(13-20-18(23)15-5-2-1-3-6-15)21-11-8-14(9-12-21)16-7-4-10-19-16/h1-3,5-6,14,16,19H,4,7-13H2,(H,20,23). The minimum absolute atomic E-state index is 0.0205. The molecule has 2 N–H and O–H groups in total. The van der Waals surface area contributed by atoms with Crippen molar-refractivity contribution in [2.45, 2.75) is 31.7 Å². The van der Waals surface area contributed by atoms with Crippen LogP contribution in [-0.2, 0) is 4.79 Å². The number of benzene rings is 1. The van der Waals surface area contributed by atoms with Gasteiger partial charge in [0, 0.05) is 24.7 Å². The maximum atomic E-state index is 12.3. The third kappa shape index (κ3) is 4.10. The van der Waals surface area contributed by atoms with Gasteiger partial charge in [-0.2, -0.15) is 0 Å². The highest BCUT2D eigenvalue weighted by Crippen LogP contribution is 2.25. The fraction of sp³-hybridized carbons (Fsp3) is 0.556. The zero-order chi connectivity index (χ0) is 16.1. The van der Waals surface area contributed by atoms with Gasteiger partial charge in [-0.1, -0.05) is 18.2 Å². The Morgan fingerprint density at radius 3 is 2.52 bits per heavy atom. The molecule has 2 amide bonds. The van der Waals surface area contributed by atoms with E-state index in [4.69, 9.17) is 0 Å². The lowest BCUT2D eigenvalue weighted by Gasteiger charge is -2.35. The van der Waals surface area contributed by atoms with E-state index in [1.54, 1.807) is 12.1 Å². The van der Waals surface area contributed by atoms with Crippen molar-refractivity contribution in [3.63, 3.8) is 0 Å². The Balaban J connectivity index is 1.42. The molecule has 0 bridgehead atoms. The fourth-order valence-corrected chi connectivity index (χ4v) is 3.62. The van der Waals surface area contributed by atoms with Crippen LogP contribution in [0.15, 0.2) is 30.3 Å². The zero-order valence-electron chi connectivity index (χ0n) is 13.5. The summed E-state index contributed by atoms with van der Waals surface area (Å²) in [7, 11) is 0. The van der Waals surface area contributed by atoms with Crippen LogP contribution in [0.3, 0.4) is 0 Å². The van der Waals surface area contributed by atoms with Gasteiger partial charge in [-0.25, -0.2) is 0 Å². The number of nitrogens with zero attached hydrogens (tertiary/aromatic N) is 1. The molecule has 0 saturated carbocycles. The molecule has 2 aliphatic rings. The number of carbonyl (C=O) groups is 2. The van der Waals surface area contributed by atoms with Gasteiger partial charge >= 0.3 is 0 Å². The molecule has 23 heavy (non-hydrogen) atoms. The van der Waals surface area contributed by atoms with E-state index < -0.39 is 0 Å². The molecule has 1 aromatic rings. The molecular weight excluding hydrogens is 290 g/mol. The van der Waals surface area contributed by atoms with Crippen molar-refractivity contribution in [3.8, 4) is 0 Å². The van der Waals surface area contributed by atoms with Crippen LogP contribution in [0.5, 0.6) is 0 Å². The van der Waals surface area contributed by atoms with Crippen LogP contribution in [0.25, 0.3) is 0 Å². The van der Waals surface area contributed by atoms with E-state index >= 15 is 0 Å². The Morgan fingerprint density at radius 2 is 1.87 bits per heavy atom. The van der Waals surface area contributed by atoms with Gasteiger partial charge in [0.2, 0.25) is 5.91 Å². The van der Waals surface area contributed by atoms with Gasteiger partial charge in [0.15, 0.2) is 0 Å². The molecule has 2 aliphatic heterocycles. The van der Waals surface area contributed by atoms with Crippen molar-refractivity contribution >= 4 is 11.8 Å². The SMILES string of the molecule is O=C(NCC(=O)N1CCC(C2CCCN2)CC1)c1ccccc1. The molecule has 1 unspecified atom stereocenters. The average molecular weight is 315 g/mol. The normalized spacial score (nSPS) is 22.1. The number of amides is 2. The second kappa shape index (κ2) is 7.59. The number of carbonyl (C=O) groups excluding carboxylic acids is 2. The van der Waals surface area contributed by atoms with E-state index in [0.717, 1.165) is 32.5 Å². The van der Waals surface area contributed by atoms with E-state index in [2.05, 4.69) is 10.6 Å². The van der Waals surface area contributed by atoms with Crippen molar-refractivity contribution in [1.82, 2.24) is 15.5 Å². The van der Waals surface area contributed by atoms with Gasteiger partial charge in [-0.3, -0.25) is 9.59 Å². The fourth-order valence-electron chi connectivity index (χ4n) is 3.62. The minimum Gasteiger partial charge on any atom is -0.343 e. The topological polar surface area (TPSA) is 61.4 Å². The van der Waals surface area contributed by atoms with Crippen LogP contribution < -0.4 is 10.6 Å². The second-order valence-corrected chi connectivity index (χ2v) is 6.47. The molecule has 0 aliphatic carbocycles. The Morgan fingerprint density at radius 1 is 1.13 bits per heavy atom. The summed E-state index contributed by atoms with van der Waals surface area (Å²) in [6.07, 6.45) is 4.67. The van der Waals surface area contributed by atoms with E-state index in [-0.39, 0.29) is 18.4 Å². The number of likely N-dealkylation sites (tertiary alicyclic amines) is 1. The molecular formula is C18H25N3O2. The maximum absolute atomic E-state index is 12.3. The van der Waals surface area contributed by atoms with Crippen LogP contribution >= 0.6 is 0 Å². The monoisotopic (exact) mass is 315 g/mol. The molecule has 2 saturated heterocycles. The van der Waals surface area contributed by atoms with Gasteiger partial charge in [0.1, 0.15) is 0 Å². The lowest BCUT2D eigenvalue weighted by Crippen LogP contribution is -2.46. The summed E-state index contributed by atoms with van der Waals surface area (Å²) in [5.74, 6) is 0.525. The second-order valence-electron chi connectivity index (χ2n) is 6.47. The summed E-state index contributed by atoms with van der Waals surface area (Å²) in [5, 5.41) is 6.29. The van der Waals surface area contributed by atoms with Gasteiger partial charge in [0.05, 0.1) is 6.54 Å². The maximum Gasteiger partial charge on any atom is 0.251 e. The molecule has 5 heteroatoms. The summed E-state index contributed by atoms with van der Waals surface area (Å²) < 4.78 is 0. The largest absolute Gasteiger partial charge is 0.343 e. The van der Waals surface area contributed by atoms with E-state index in [9.17, 15) is 9.59 Å². The molecule has 124 valence electrons. The highest BCUT2D eigenvalue weighted by Gasteiger charge is 2.29. The number of hydrogen-bond acceptors (Lipinski definition) is 3. The predicted octanol–water partition coefficient (Wildman–Crippen LogP) is 1.41. The van der Waals surface area contributed by atoms with Crippen LogP contribution in [-0.4, -0.2) is 48.9 Å². The Bertz CT molecular complexity index is 532. The van der Waals surface area contributed by atoms with Crippen LogP contribution in [0.2, 0.25) is 0 Å². The van der Waals surface area contributed by atoms with E-state index in [1.807, 2.05) is 23.1 Å². The minimum atomic E-state index is -0.191. The van der Waals surface area contributed by atoms with Crippen LogP contribution in [0.4, 0.5) is 0 Å². The van der Waals surface area contributed by atoms with Crippen LogP contribution in [0.1, 0.15) is 36.0 Å². The molecule has 1 aromatic carbocycles.